The number of sulfonamides is 1. The fourth-order valence-corrected chi connectivity index (χ4v) is 4.07. The number of pyridine rings is 1. The minimum atomic E-state index is -3.67. The van der Waals surface area contributed by atoms with Gasteiger partial charge >= 0.3 is 0 Å². The fraction of sp³-hybridized carbons (Fsp3) is 0.583. The molecule has 2 heterocycles. The van der Waals surface area contributed by atoms with E-state index in [1.165, 1.54) is 10.5 Å². The quantitative estimate of drug-likeness (QED) is 0.897. The highest BCUT2D eigenvalue weighted by Crippen LogP contribution is 2.24. The summed E-state index contributed by atoms with van der Waals surface area (Å²) in [6.07, 6.45) is 4.87. The van der Waals surface area contributed by atoms with Crippen molar-refractivity contribution in [2.75, 3.05) is 20.1 Å². The van der Waals surface area contributed by atoms with E-state index < -0.39 is 15.8 Å². The summed E-state index contributed by atoms with van der Waals surface area (Å²) < 4.78 is 39.6. The standard InChI is InChI=1S/C12H18FN3O2S/c1-14-8-11-4-2-3-5-16(11)19(17,18)12-6-10(13)7-15-9-12/h6-7,9,11,14H,2-5,8H2,1H3/t11-/m0/s1. The van der Waals surface area contributed by atoms with E-state index in [0.29, 0.717) is 13.1 Å². The van der Waals surface area contributed by atoms with Crippen molar-refractivity contribution in [3.8, 4) is 0 Å². The Morgan fingerprint density at radius 3 is 2.95 bits per heavy atom. The van der Waals surface area contributed by atoms with Gasteiger partial charge in [-0.05, 0) is 26.0 Å². The third-order valence-electron chi connectivity index (χ3n) is 3.30. The van der Waals surface area contributed by atoms with Gasteiger partial charge in [0, 0.05) is 25.3 Å². The molecule has 5 nitrogen and oxygen atoms in total. The zero-order chi connectivity index (χ0) is 13.9. The van der Waals surface area contributed by atoms with Crippen molar-refractivity contribution < 1.29 is 12.8 Å². The first-order valence-electron chi connectivity index (χ1n) is 6.32. The van der Waals surface area contributed by atoms with Gasteiger partial charge in [0.05, 0.1) is 6.20 Å². The van der Waals surface area contributed by atoms with Gasteiger partial charge in [0.2, 0.25) is 10.0 Å². The maximum atomic E-state index is 13.2. The van der Waals surface area contributed by atoms with Gasteiger partial charge in [-0.2, -0.15) is 4.31 Å². The molecule has 1 aromatic heterocycles. The summed E-state index contributed by atoms with van der Waals surface area (Å²) >= 11 is 0. The van der Waals surface area contributed by atoms with Gasteiger partial charge < -0.3 is 5.32 Å². The average Bonchev–Trinajstić information content (AvgIpc) is 2.39. The monoisotopic (exact) mass is 287 g/mol. The Morgan fingerprint density at radius 1 is 1.47 bits per heavy atom. The highest BCUT2D eigenvalue weighted by molar-refractivity contribution is 7.89. The first-order chi connectivity index (χ1) is 9.05. The Kier molecular flexibility index (Phi) is 4.49. The first kappa shape index (κ1) is 14.4. The summed E-state index contributed by atoms with van der Waals surface area (Å²) in [4.78, 5) is 3.55. The van der Waals surface area contributed by atoms with Crippen LogP contribution in [0.1, 0.15) is 19.3 Å². The second-order valence-corrected chi connectivity index (χ2v) is 6.55. The number of hydrogen-bond acceptors (Lipinski definition) is 4. The topological polar surface area (TPSA) is 62.3 Å². The minimum Gasteiger partial charge on any atom is -0.318 e. The number of likely N-dealkylation sites (N-methyl/N-ethyl adjacent to an activating group) is 1. The van der Waals surface area contributed by atoms with Crippen LogP contribution in [0.5, 0.6) is 0 Å². The van der Waals surface area contributed by atoms with E-state index in [1.54, 1.807) is 7.05 Å². The van der Waals surface area contributed by atoms with E-state index in [1.807, 2.05) is 0 Å². The van der Waals surface area contributed by atoms with E-state index in [-0.39, 0.29) is 10.9 Å². The van der Waals surface area contributed by atoms with Crippen molar-refractivity contribution in [2.24, 2.45) is 0 Å². The second-order valence-electron chi connectivity index (χ2n) is 4.66. The summed E-state index contributed by atoms with van der Waals surface area (Å²) in [5, 5.41) is 3.01. The van der Waals surface area contributed by atoms with E-state index in [9.17, 15) is 12.8 Å². The lowest BCUT2D eigenvalue weighted by Gasteiger charge is -2.34. The molecule has 1 aromatic rings. The predicted molar refractivity (Wildman–Crippen MR) is 69.7 cm³/mol. The number of hydrogen-bond donors (Lipinski definition) is 1. The van der Waals surface area contributed by atoms with Crippen LogP contribution in [0, 0.1) is 5.82 Å². The lowest BCUT2D eigenvalue weighted by Crippen LogP contribution is -2.47. The maximum Gasteiger partial charge on any atom is 0.245 e. The molecule has 0 aliphatic carbocycles. The smallest absolute Gasteiger partial charge is 0.245 e. The number of nitrogens with zero attached hydrogens (tertiary/aromatic N) is 2. The molecule has 1 saturated heterocycles. The van der Waals surface area contributed by atoms with Crippen molar-refractivity contribution >= 4 is 10.0 Å². The molecular weight excluding hydrogens is 269 g/mol. The van der Waals surface area contributed by atoms with Crippen molar-refractivity contribution in [1.82, 2.24) is 14.6 Å². The van der Waals surface area contributed by atoms with Gasteiger partial charge in [0.1, 0.15) is 10.7 Å². The Morgan fingerprint density at radius 2 is 2.26 bits per heavy atom. The van der Waals surface area contributed by atoms with E-state index in [2.05, 4.69) is 10.3 Å². The number of rotatable bonds is 4. The highest BCUT2D eigenvalue weighted by Gasteiger charge is 2.33. The number of aromatic nitrogens is 1. The van der Waals surface area contributed by atoms with Crippen LogP contribution in [-0.4, -0.2) is 43.9 Å². The third kappa shape index (κ3) is 3.10. The van der Waals surface area contributed by atoms with E-state index in [0.717, 1.165) is 31.5 Å². The number of piperidine rings is 1. The molecule has 0 aromatic carbocycles. The molecule has 1 atom stereocenters. The molecule has 1 aliphatic rings. The molecule has 0 bridgehead atoms. The summed E-state index contributed by atoms with van der Waals surface area (Å²) in [7, 11) is -1.87. The van der Waals surface area contributed by atoms with Crippen LogP contribution in [0.4, 0.5) is 4.39 Å². The SMILES string of the molecule is CNC[C@@H]1CCCCN1S(=O)(=O)c1cncc(F)c1. The van der Waals surface area contributed by atoms with Crippen LogP contribution in [0.2, 0.25) is 0 Å². The van der Waals surface area contributed by atoms with Gasteiger partial charge in [-0.1, -0.05) is 6.42 Å². The average molecular weight is 287 g/mol. The lowest BCUT2D eigenvalue weighted by atomic mass is 10.1. The second kappa shape index (κ2) is 5.94. The molecule has 1 fully saturated rings. The minimum absolute atomic E-state index is 0.0736. The molecule has 19 heavy (non-hydrogen) atoms. The Bertz CT molecular complexity index is 534. The van der Waals surface area contributed by atoms with Gasteiger partial charge in [-0.3, -0.25) is 4.98 Å². The predicted octanol–water partition coefficient (Wildman–Crippen LogP) is 0.983. The molecule has 0 spiro atoms. The molecule has 1 aliphatic heterocycles. The molecule has 0 saturated carbocycles. The van der Waals surface area contributed by atoms with Crippen molar-refractivity contribution in [2.45, 2.75) is 30.2 Å². The lowest BCUT2D eigenvalue weighted by molar-refractivity contribution is 0.249. The van der Waals surface area contributed by atoms with Crippen molar-refractivity contribution in [3.63, 3.8) is 0 Å². The van der Waals surface area contributed by atoms with Crippen LogP contribution in [0.25, 0.3) is 0 Å². The number of nitrogens with one attached hydrogen (secondary N) is 1. The third-order valence-corrected chi connectivity index (χ3v) is 5.22. The molecule has 106 valence electrons. The Labute approximate surface area is 112 Å². The van der Waals surface area contributed by atoms with Crippen molar-refractivity contribution in [3.05, 3.63) is 24.3 Å². The summed E-state index contributed by atoms with van der Waals surface area (Å²) in [5.74, 6) is -0.636. The normalized spacial score (nSPS) is 21.5. The van der Waals surface area contributed by atoms with Crippen LogP contribution in [0.3, 0.4) is 0 Å². The molecule has 7 heteroatoms. The maximum absolute atomic E-state index is 13.2. The van der Waals surface area contributed by atoms with Crippen LogP contribution < -0.4 is 5.32 Å². The first-order valence-corrected chi connectivity index (χ1v) is 7.76. The van der Waals surface area contributed by atoms with Crippen molar-refractivity contribution in [1.29, 1.82) is 0 Å². The molecule has 0 radical (unpaired) electrons. The number of halogens is 1. The van der Waals surface area contributed by atoms with Crippen LogP contribution >= 0.6 is 0 Å². The molecule has 1 N–H and O–H groups in total. The summed E-state index contributed by atoms with van der Waals surface area (Å²) in [5.41, 5.74) is 0. The van der Waals surface area contributed by atoms with E-state index in [4.69, 9.17) is 0 Å². The van der Waals surface area contributed by atoms with Gasteiger partial charge in [-0.15, -0.1) is 0 Å². The zero-order valence-corrected chi connectivity index (χ0v) is 11.7. The Balaban J connectivity index is 2.31. The van der Waals surface area contributed by atoms with Gasteiger partial charge in [0.15, 0.2) is 0 Å². The summed E-state index contributed by atoms with van der Waals surface area (Å²) in [6, 6.07) is 0.944. The van der Waals surface area contributed by atoms with Crippen LogP contribution in [0.15, 0.2) is 23.4 Å². The molecule has 0 unspecified atom stereocenters. The molecule has 2 rings (SSSR count). The fourth-order valence-electron chi connectivity index (χ4n) is 2.40. The molecule has 0 amide bonds. The van der Waals surface area contributed by atoms with Gasteiger partial charge in [-0.25, -0.2) is 12.8 Å². The zero-order valence-electron chi connectivity index (χ0n) is 10.8. The van der Waals surface area contributed by atoms with Crippen LogP contribution in [-0.2, 0) is 10.0 Å². The molecular formula is C12H18FN3O2S. The largest absolute Gasteiger partial charge is 0.318 e. The highest BCUT2D eigenvalue weighted by atomic mass is 32.2. The van der Waals surface area contributed by atoms with Gasteiger partial charge in [0.25, 0.3) is 0 Å². The van der Waals surface area contributed by atoms with E-state index >= 15 is 0 Å². The summed E-state index contributed by atoms with van der Waals surface area (Å²) in [6.45, 7) is 1.08. The Hall–Kier alpha value is -1.05.